The average molecular weight is 2070 g/mol. The van der Waals surface area contributed by atoms with Crippen molar-refractivity contribution in [3.63, 3.8) is 0 Å². The second kappa shape index (κ2) is 40.2. The summed E-state index contributed by atoms with van der Waals surface area (Å²) in [6.07, 6.45) is 6.39. The highest BCUT2D eigenvalue weighted by Gasteiger charge is 2.26. The van der Waals surface area contributed by atoms with Gasteiger partial charge in [0.1, 0.15) is 22.6 Å². The number of nitrogens with one attached hydrogen (secondary N) is 9. The molecule has 8 aromatic carbocycles. The summed E-state index contributed by atoms with van der Waals surface area (Å²) < 4.78 is 117. The number of carbonyl (C=O) groups is 4. The molecular weight excluding hydrogens is 2010 g/mol. The van der Waals surface area contributed by atoms with Gasteiger partial charge in [-0.2, -0.15) is 0 Å². The van der Waals surface area contributed by atoms with Gasteiger partial charge in [-0.1, -0.05) is 123 Å². The molecule has 8 amide bonds. The number of fused-ring (bicyclic) bond motifs is 4. The number of sulfonamides is 4. The van der Waals surface area contributed by atoms with Gasteiger partial charge in [0.05, 0.1) is 67.3 Å². The van der Waals surface area contributed by atoms with Crippen LogP contribution >= 0.6 is 150 Å². The van der Waals surface area contributed by atoms with Crippen LogP contribution in [0.25, 0.3) is 65.8 Å². The highest BCUT2D eigenvalue weighted by molar-refractivity contribution is 7.93. The Kier molecular flexibility index (Phi) is 29.7. The molecule has 0 bridgehead atoms. The molecule has 0 atom stereocenters. The van der Waals surface area contributed by atoms with Crippen LogP contribution in [0.15, 0.2) is 285 Å². The Labute approximate surface area is 791 Å². The largest absolute Gasteiger partial charge is 0.497 e. The quantitative estimate of drug-likeness (QED) is 0.0385. The van der Waals surface area contributed by atoms with Gasteiger partial charge in [0, 0.05) is 86.8 Å². The SMILES string of the molecule is CNc1ccc2c(=O)n(-c3ccc(NC(=O)NS(=O)(=O)c4ccc(Cl)s4)cc3Cl)ccc2c1.COc1ccc2c(=O)n(-c3ccc(NC(=O)NS(=O)(=O)c4ccc(Cl)s4)cc3Cl)ccc2c1.O=C(Nc1ccc(-n2ccc3cc(Cl)ccc3c2=O)c(Cl)c1)NS(=O)(=O)c1ccc(Cl)s1.O=C(Nc1ccc(-n2ccc3ccccc3c2=O)c(Cl)c1)NS(=O)(=O)c1ccc(Cl)s1. The first kappa shape index (κ1) is 95.1. The molecule has 30 nitrogen and oxygen atoms in total. The number of thiophene rings is 4. The number of rotatable bonds is 18. The second-order valence-corrected chi connectivity index (χ2v) is 43.0. The summed E-state index contributed by atoms with van der Waals surface area (Å²) in [6.45, 7) is 0. The maximum atomic E-state index is 13.0. The summed E-state index contributed by atoms with van der Waals surface area (Å²) in [6, 6.07) is 54.6. The number of ether oxygens (including phenoxy) is 1. The van der Waals surface area contributed by atoms with E-state index in [-0.39, 0.29) is 99.3 Å². The van der Waals surface area contributed by atoms with Crippen molar-refractivity contribution in [2.75, 3.05) is 40.7 Å². The number of amides is 8. The van der Waals surface area contributed by atoms with Gasteiger partial charge in [-0.3, -0.25) is 37.4 Å². The van der Waals surface area contributed by atoms with Crippen molar-refractivity contribution in [2.24, 2.45) is 0 Å². The van der Waals surface area contributed by atoms with Crippen LogP contribution in [0.1, 0.15) is 0 Å². The normalized spacial score (nSPS) is 11.4. The van der Waals surface area contributed by atoms with Crippen molar-refractivity contribution in [1.82, 2.24) is 37.2 Å². The van der Waals surface area contributed by atoms with Gasteiger partial charge in [-0.25, -0.2) is 71.7 Å². The average Bonchev–Trinajstić information content (AvgIpc) is 1.48. The van der Waals surface area contributed by atoms with E-state index >= 15 is 0 Å². The van der Waals surface area contributed by atoms with E-state index in [2.05, 4.69) is 26.6 Å². The number of urea groups is 4. The lowest BCUT2D eigenvalue weighted by molar-refractivity contribution is 0.255. The first-order valence-electron chi connectivity index (χ1n) is 36.2. The van der Waals surface area contributed by atoms with Crippen LogP contribution in [-0.2, 0) is 40.1 Å². The van der Waals surface area contributed by atoms with Crippen LogP contribution in [0.2, 0.25) is 42.5 Å². The van der Waals surface area contributed by atoms with Crippen LogP contribution < -0.4 is 72.4 Å². The van der Waals surface area contributed by atoms with E-state index < -0.39 is 64.2 Å². The molecular formula is C82H56Cl9N13O17S8. The van der Waals surface area contributed by atoms with Crippen LogP contribution in [0.4, 0.5) is 47.6 Å². The molecule has 0 fully saturated rings. The highest BCUT2D eigenvalue weighted by atomic mass is 35.5. The topological polar surface area (TPSA) is 410 Å². The van der Waals surface area contributed by atoms with E-state index in [1.807, 2.05) is 37.1 Å². The van der Waals surface area contributed by atoms with E-state index in [4.69, 9.17) is 109 Å². The summed E-state index contributed by atoms with van der Waals surface area (Å²) in [7, 11) is -12.9. The summed E-state index contributed by atoms with van der Waals surface area (Å²) in [5.74, 6) is 0.635. The van der Waals surface area contributed by atoms with Gasteiger partial charge in [-0.15, -0.1) is 45.3 Å². The van der Waals surface area contributed by atoms with Gasteiger partial charge >= 0.3 is 24.1 Å². The van der Waals surface area contributed by atoms with E-state index in [0.29, 0.717) is 60.5 Å². The molecule has 0 spiro atoms. The van der Waals surface area contributed by atoms with Gasteiger partial charge in [0.25, 0.3) is 62.3 Å². The van der Waals surface area contributed by atoms with Crippen LogP contribution in [0, 0.1) is 0 Å². The summed E-state index contributed by atoms with van der Waals surface area (Å²) in [5, 5.41) is 18.9. The first-order valence-corrected chi connectivity index (χ1v) is 48.8. The van der Waals surface area contributed by atoms with E-state index in [0.717, 1.165) is 67.2 Å². The number of benzene rings is 8. The predicted molar refractivity (Wildman–Crippen MR) is 514 cm³/mol. The molecule has 9 N–H and O–H groups in total. The Balaban J connectivity index is 0.000000147. The fourth-order valence-electron chi connectivity index (χ4n) is 12.1. The lowest BCUT2D eigenvalue weighted by atomic mass is 10.1. The smallest absolute Gasteiger partial charge is 0.333 e. The van der Waals surface area contributed by atoms with Crippen molar-refractivity contribution >= 4 is 285 Å². The van der Waals surface area contributed by atoms with Gasteiger partial charge < -0.3 is 31.3 Å². The zero-order valence-electron chi connectivity index (χ0n) is 65.1. The molecule has 0 aliphatic heterocycles. The minimum atomic E-state index is -4.07. The van der Waals surface area contributed by atoms with Crippen molar-refractivity contribution in [3.05, 3.63) is 333 Å². The second-order valence-electron chi connectivity index (χ2n) is 26.4. The standard InChI is InChI=1S/C21H16Cl2N4O4S2.C21H15Cl2N3O5S2.C20H12Cl3N3O4S2.C20H13Cl2N3O4S2/c1-24-13-2-4-15-12(10-13)8-9-27(20(15)28)17-5-3-14(11-16(17)22)25-21(29)26-33(30,31)19-7-6-18(23)32-19;1-31-14-3-4-15-12(10-14)8-9-26(20(15)27)17-5-2-13(11-16(17)22)24-21(28)25-33(29,30)19-7-6-18(23)32-19;21-12-1-3-14-11(9-12)7-8-26(19(14)27)16-4-2-13(10-15(16)22)24-20(28)25-32(29,30)18-6-5-17(23)31-18;21-15-11-13(23-20(27)24-31(28,29)18-8-7-17(22)30-18)5-6-16(15)25-10-9-12-3-1-2-4-14(12)19(25)26/h2-11,24H,1H3,(H2,25,26,29);2-11H,1H3,(H2,24,25,28);1-10H,(H2,24,25,28);1-11H,(H2,23,24,27). The van der Waals surface area contributed by atoms with Crippen molar-refractivity contribution in [1.29, 1.82) is 0 Å². The Hall–Kier alpha value is -11.5. The number of nitrogens with zero attached hydrogens (tertiary/aromatic N) is 4. The third kappa shape index (κ3) is 22.9. The Morgan fingerprint density at radius 3 is 0.884 bits per heavy atom. The molecule has 0 unspecified atom stereocenters. The lowest BCUT2D eigenvalue weighted by Gasteiger charge is -2.12. The fourth-order valence-corrected chi connectivity index (χ4v) is 23.0. The van der Waals surface area contributed by atoms with Crippen molar-refractivity contribution < 1.29 is 57.6 Å². The monoisotopic (exact) mass is 2060 g/mol. The molecule has 8 heterocycles. The molecule has 0 saturated heterocycles. The summed E-state index contributed by atoms with van der Waals surface area (Å²) >= 11 is 57.7. The molecule has 16 rings (SSSR count). The number of carbonyl (C=O) groups excluding carboxylic acids is 4. The minimum absolute atomic E-state index is 0.0864. The third-order valence-electron chi connectivity index (χ3n) is 18.0. The minimum Gasteiger partial charge on any atom is -0.497 e. The molecule has 16 aromatic rings. The van der Waals surface area contributed by atoms with Crippen LogP contribution in [-0.4, -0.2) is 90.2 Å². The Bertz CT molecular complexity index is 7720. The Morgan fingerprint density at radius 2 is 0.581 bits per heavy atom. The molecule has 0 saturated carbocycles. The number of anilines is 5. The predicted octanol–water partition coefficient (Wildman–Crippen LogP) is 20.2. The fraction of sp³-hybridized carbons (Fsp3) is 0.0244. The molecule has 0 aliphatic rings. The maximum Gasteiger partial charge on any atom is 0.333 e. The lowest BCUT2D eigenvalue weighted by Crippen LogP contribution is -2.34. The third-order valence-corrected chi connectivity index (χ3v) is 31.7. The van der Waals surface area contributed by atoms with Crippen molar-refractivity contribution in [3.8, 4) is 28.5 Å². The van der Waals surface area contributed by atoms with E-state index in [9.17, 15) is 72.0 Å². The van der Waals surface area contributed by atoms with Gasteiger partial charge in [0.15, 0.2) is 0 Å². The first-order chi connectivity index (χ1) is 61.2. The summed E-state index contributed by atoms with van der Waals surface area (Å²) in [4.78, 5) is 100. The van der Waals surface area contributed by atoms with Crippen molar-refractivity contribution in [2.45, 2.75) is 16.8 Å². The van der Waals surface area contributed by atoms with Gasteiger partial charge in [0.2, 0.25) is 0 Å². The van der Waals surface area contributed by atoms with Crippen LogP contribution in [0.5, 0.6) is 5.75 Å². The molecule has 47 heteroatoms. The van der Waals surface area contributed by atoms with E-state index in [1.54, 1.807) is 142 Å². The number of hydrogen-bond donors (Lipinski definition) is 9. The molecule has 8 aromatic heterocycles. The molecule has 129 heavy (non-hydrogen) atoms. The number of pyridine rings is 4. The van der Waals surface area contributed by atoms with E-state index in [1.165, 1.54) is 121 Å². The zero-order valence-corrected chi connectivity index (χ0v) is 78.4. The number of halogens is 9. The number of aromatic nitrogens is 4. The number of hydrogen-bond acceptors (Lipinski definition) is 22. The summed E-state index contributed by atoms with van der Waals surface area (Å²) in [5.41, 5.74) is 2.40. The van der Waals surface area contributed by atoms with Gasteiger partial charge in [-0.05, 0) is 228 Å². The zero-order chi connectivity index (χ0) is 92.7. The molecule has 662 valence electrons. The maximum absolute atomic E-state index is 13.0. The number of methoxy groups -OCH3 is 1. The molecule has 0 aliphatic carbocycles. The molecule has 0 radical (unpaired) electrons. The highest BCUT2D eigenvalue weighted by Crippen LogP contribution is 2.34. The Morgan fingerprint density at radius 1 is 0.302 bits per heavy atom. The van der Waals surface area contributed by atoms with Crippen LogP contribution in [0.3, 0.4) is 0 Å².